The molecular formula is C16H30O3. The lowest BCUT2D eigenvalue weighted by atomic mass is 9.76. The van der Waals surface area contributed by atoms with Gasteiger partial charge in [0.2, 0.25) is 0 Å². The Morgan fingerprint density at radius 3 is 2.63 bits per heavy atom. The minimum absolute atomic E-state index is 0.0742. The van der Waals surface area contributed by atoms with Crippen molar-refractivity contribution in [1.29, 1.82) is 0 Å². The third-order valence-electron chi connectivity index (χ3n) is 5.29. The average Bonchev–Trinajstić information content (AvgIpc) is 2.86. The van der Waals surface area contributed by atoms with Crippen LogP contribution in [0.4, 0.5) is 0 Å². The minimum Gasteiger partial charge on any atom is -0.390 e. The largest absolute Gasteiger partial charge is 0.390 e. The summed E-state index contributed by atoms with van der Waals surface area (Å²) in [6.07, 6.45) is 7.35. The van der Waals surface area contributed by atoms with Gasteiger partial charge in [0.1, 0.15) is 0 Å². The van der Waals surface area contributed by atoms with Gasteiger partial charge in [-0.2, -0.15) is 0 Å². The van der Waals surface area contributed by atoms with Gasteiger partial charge in [-0.3, -0.25) is 0 Å². The Kier molecular flexibility index (Phi) is 4.91. The Morgan fingerprint density at radius 2 is 2.05 bits per heavy atom. The van der Waals surface area contributed by atoms with Crippen LogP contribution in [0.2, 0.25) is 0 Å². The lowest BCUT2D eigenvalue weighted by Gasteiger charge is -2.44. The fraction of sp³-hybridized carbons (Fsp3) is 1.00. The monoisotopic (exact) mass is 270 g/mol. The van der Waals surface area contributed by atoms with Crippen molar-refractivity contribution < 1.29 is 14.6 Å². The molecule has 0 amide bonds. The predicted octanol–water partition coefficient (Wildman–Crippen LogP) is 3.29. The van der Waals surface area contributed by atoms with E-state index in [4.69, 9.17) is 9.47 Å². The first-order valence-corrected chi connectivity index (χ1v) is 8.01. The summed E-state index contributed by atoms with van der Waals surface area (Å²) in [4.78, 5) is 0. The van der Waals surface area contributed by atoms with Crippen molar-refractivity contribution in [3.63, 3.8) is 0 Å². The van der Waals surface area contributed by atoms with Crippen LogP contribution in [0.15, 0.2) is 0 Å². The molecule has 0 aromatic rings. The first kappa shape index (κ1) is 15.3. The van der Waals surface area contributed by atoms with E-state index in [-0.39, 0.29) is 11.7 Å². The van der Waals surface area contributed by atoms with E-state index in [9.17, 15) is 5.11 Å². The number of rotatable bonds is 5. The third-order valence-corrected chi connectivity index (χ3v) is 5.29. The molecule has 112 valence electrons. The van der Waals surface area contributed by atoms with Gasteiger partial charge in [-0.05, 0) is 51.9 Å². The molecule has 1 aliphatic carbocycles. The Balaban J connectivity index is 2.03. The van der Waals surface area contributed by atoms with Gasteiger partial charge in [-0.25, -0.2) is 0 Å². The number of aliphatic hydroxyl groups is 1. The second-order valence-electron chi connectivity index (χ2n) is 6.54. The molecule has 1 aliphatic heterocycles. The van der Waals surface area contributed by atoms with Crippen molar-refractivity contribution in [3.05, 3.63) is 0 Å². The molecule has 2 fully saturated rings. The van der Waals surface area contributed by atoms with Gasteiger partial charge in [0.05, 0.1) is 17.3 Å². The van der Waals surface area contributed by atoms with E-state index in [1.165, 1.54) is 25.7 Å². The smallest absolute Gasteiger partial charge is 0.0912 e. The van der Waals surface area contributed by atoms with Crippen LogP contribution >= 0.6 is 0 Å². The van der Waals surface area contributed by atoms with Gasteiger partial charge in [-0.1, -0.05) is 19.8 Å². The molecule has 3 nitrogen and oxygen atoms in total. The van der Waals surface area contributed by atoms with Crippen molar-refractivity contribution >= 4 is 0 Å². The van der Waals surface area contributed by atoms with Crippen LogP contribution in [0.25, 0.3) is 0 Å². The lowest BCUT2D eigenvalue weighted by Crippen LogP contribution is -2.50. The lowest BCUT2D eigenvalue weighted by molar-refractivity contribution is -0.168. The zero-order chi connectivity index (χ0) is 13.9. The summed E-state index contributed by atoms with van der Waals surface area (Å²) in [5.41, 5.74) is -0.332. The second-order valence-corrected chi connectivity index (χ2v) is 6.54. The maximum absolute atomic E-state index is 10.8. The first-order chi connectivity index (χ1) is 9.05. The molecule has 0 bridgehead atoms. The van der Waals surface area contributed by atoms with E-state index in [2.05, 4.69) is 13.8 Å². The molecule has 3 unspecified atom stereocenters. The van der Waals surface area contributed by atoms with Gasteiger partial charge in [0.15, 0.2) is 0 Å². The second kappa shape index (κ2) is 6.11. The van der Waals surface area contributed by atoms with Crippen LogP contribution < -0.4 is 0 Å². The molecule has 0 aromatic carbocycles. The number of ether oxygens (including phenoxy) is 2. The highest BCUT2D eigenvalue weighted by Crippen LogP contribution is 2.44. The zero-order valence-corrected chi connectivity index (χ0v) is 12.8. The summed E-state index contributed by atoms with van der Waals surface area (Å²) < 4.78 is 11.9. The van der Waals surface area contributed by atoms with Crippen molar-refractivity contribution in [1.82, 2.24) is 0 Å². The van der Waals surface area contributed by atoms with Crippen LogP contribution in [-0.2, 0) is 9.47 Å². The quantitative estimate of drug-likeness (QED) is 0.833. The first-order valence-electron chi connectivity index (χ1n) is 8.01. The number of hydrogen-bond acceptors (Lipinski definition) is 3. The Labute approximate surface area is 117 Å². The molecule has 2 aliphatic rings. The molecule has 1 heterocycles. The highest BCUT2D eigenvalue weighted by molar-refractivity contribution is 4.97. The van der Waals surface area contributed by atoms with Crippen LogP contribution in [0.3, 0.4) is 0 Å². The van der Waals surface area contributed by atoms with E-state index < -0.39 is 5.60 Å². The zero-order valence-electron chi connectivity index (χ0n) is 12.8. The van der Waals surface area contributed by atoms with Crippen LogP contribution in [0.1, 0.15) is 65.7 Å². The molecule has 19 heavy (non-hydrogen) atoms. The van der Waals surface area contributed by atoms with E-state index in [0.29, 0.717) is 12.5 Å². The summed E-state index contributed by atoms with van der Waals surface area (Å²) in [7, 11) is 0. The van der Waals surface area contributed by atoms with Crippen LogP contribution in [0, 0.1) is 5.92 Å². The number of aliphatic hydroxyl groups excluding tert-OH is 1. The molecule has 3 heteroatoms. The number of hydrogen-bond donors (Lipinski definition) is 1. The Bertz CT molecular complexity index is 286. The maximum Gasteiger partial charge on any atom is 0.0912 e. The molecule has 1 spiro atoms. The Hall–Kier alpha value is -0.120. The highest BCUT2D eigenvalue weighted by Gasteiger charge is 2.46. The van der Waals surface area contributed by atoms with Crippen molar-refractivity contribution in [2.75, 3.05) is 13.2 Å². The molecule has 2 rings (SSSR count). The van der Waals surface area contributed by atoms with Gasteiger partial charge in [-0.15, -0.1) is 0 Å². The fourth-order valence-corrected chi connectivity index (χ4v) is 3.93. The standard InChI is InChI=1S/C16H30O3/c1-4-15(3,18-5-2)14(17)13-8-11-19-16(12-13)9-6-7-10-16/h13-14,17H,4-12H2,1-3H3. The summed E-state index contributed by atoms with van der Waals surface area (Å²) in [6.45, 7) is 7.62. The molecule has 0 aromatic heterocycles. The summed E-state index contributed by atoms with van der Waals surface area (Å²) in [5.74, 6) is 0.323. The van der Waals surface area contributed by atoms with Crippen molar-refractivity contribution in [3.8, 4) is 0 Å². The topological polar surface area (TPSA) is 38.7 Å². The van der Waals surface area contributed by atoms with Gasteiger partial charge < -0.3 is 14.6 Å². The molecule has 1 saturated carbocycles. The Morgan fingerprint density at radius 1 is 1.37 bits per heavy atom. The van der Waals surface area contributed by atoms with Crippen molar-refractivity contribution in [2.24, 2.45) is 5.92 Å². The molecule has 1 N–H and O–H groups in total. The predicted molar refractivity (Wildman–Crippen MR) is 76.2 cm³/mol. The average molecular weight is 270 g/mol. The molecule has 1 saturated heterocycles. The molecule has 0 radical (unpaired) electrons. The highest BCUT2D eigenvalue weighted by atomic mass is 16.5. The summed E-state index contributed by atoms with van der Waals surface area (Å²) in [6, 6.07) is 0. The maximum atomic E-state index is 10.8. The van der Waals surface area contributed by atoms with E-state index in [1.807, 2.05) is 6.92 Å². The minimum atomic E-state index is -0.406. The van der Waals surface area contributed by atoms with E-state index >= 15 is 0 Å². The summed E-state index contributed by atoms with van der Waals surface area (Å²) in [5, 5.41) is 10.8. The molecule has 3 atom stereocenters. The van der Waals surface area contributed by atoms with Gasteiger partial charge in [0, 0.05) is 13.2 Å². The van der Waals surface area contributed by atoms with E-state index in [1.54, 1.807) is 0 Å². The van der Waals surface area contributed by atoms with Gasteiger partial charge in [0.25, 0.3) is 0 Å². The van der Waals surface area contributed by atoms with Crippen molar-refractivity contribution in [2.45, 2.75) is 83.0 Å². The molecular weight excluding hydrogens is 240 g/mol. The van der Waals surface area contributed by atoms with Crippen LogP contribution in [-0.4, -0.2) is 35.6 Å². The normalized spacial score (nSPS) is 31.3. The van der Waals surface area contributed by atoms with E-state index in [0.717, 1.165) is 25.9 Å². The summed E-state index contributed by atoms with van der Waals surface area (Å²) >= 11 is 0. The van der Waals surface area contributed by atoms with Gasteiger partial charge >= 0.3 is 0 Å². The van der Waals surface area contributed by atoms with Crippen LogP contribution in [0.5, 0.6) is 0 Å². The SMILES string of the molecule is CCOC(C)(CC)C(O)C1CCOC2(CCCC2)C1. The third kappa shape index (κ3) is 3.14. The fourth-order valence-electron chi connectivity index (χ4n) is 3.93.